The monoisotopic (exact) mass is 220 g/mol. The van der Waals surface area contributed by atoms with E-state index >= 15 is 0 Å². The molecular formula is C8H12O5S. The molecule has 0 aromatic heterocycles. The molecule has 0 bridgehead atoms. The molecule has 1 rings (SSSR count). The molecule has 80 valence electrons. The number of rotatable bonds is 3. The van der Waals surface area contributed by atoms with Crippen LogP contribution in [0.25, 0.3) is 0 Å². The molecule has 6 heteroatoms. The standard InChI is InChI=1S/C8H12O5S/c1-2-3-6-7(8(9)10)14(11,12)5-4-13-6/h2-5H2,1H3,(H,9,10). The summed E-state index contributed by atoms with van der Waals surface area (Å²) in [7, 11) is -3.64. The van der Waals surface area contributed by atoms with E-state index in [4.69, 9.17) is 9.84 Å². The van der Waals surface area contributed by atoms with Crippen molar-refractivity contribution in [1.29, 1.82) is 0 Å². The third kappa shape index (κ3) is 2.06. The lowest BCUT2D eigenvalue weighted by atomic mass is 10.2. The molecular weight excluding hydrogens is 208 g/mol. The van der Waals surface area contributed by atoms with Gasteiger partial charge in [0.2, 0.25) is 0 Å². The van der Waals surface area contributed by atoms with Gasteiger partial charge in [-0.15, -0.1) is 0 Å². The highest BCUT2D eigenvalue weighted by Gasteiger charge is 2.33. The van der Waals surface area contributed by atoms with Crippen LogP contribution in [0, 0.1) is 0 Å². The van der Waals surface area contributed by atoms with Gasteiger partial charge in [-0.25, -0.2) is 13.2 Å². The van der Waals surface area contributed by atoms with E-state index in [1.54, 1.807) is 0 Å². The van der Waals surface area contributed by atoms with Crippen LogP contribution in [0.4, 0.5) is 0 Å². The molecule has 0 amide bonds. The minimum absolute atomic E-state index is 0.0500. The highest BCUT2D eigenvalue weighted by molar-refractivity contribution is 7.96. The molecule has 1 heterocycles. The van der Waals surface area contributed by atoms with E-state index in [1.807, 2.05) is 6.92 Å². The largest absolute Gasteiger partial charge is 0.495 e. The van der Waals surface area contributed by atoms with Crippen LogP contribution in [0.2, 0.25) is 0 Å². The summed E-state index contributed by atoms with van der Waals surface area (Å²) >= 11 is 0. The van der Waals surface area contributed by atoms with Gasteiger partial charge in [0.05, 0.1) is 5.75 Å². The Kier molecular flexibility index (Phi) is 3.15. The van der Waals surface area contributed by atoms with Crippen molar-refractivity contribution in [3.8, 4) is 0 Å². The second kappa shape index (κ2) is 4.00. The van der Waals surface area contributed by atoms with Gasteiger partial charge in [-0.3, -0.25) is 0 Å². The lowest BCUT2D eigenvalue weighted by Gasteiger charge is -2.18. The van der Waals surface area contributed by atoms with Crippen LogP contribution < -0.4 is 0 Å². The molecule has 0 radical (unpaired) electrons. The number of carboxylic acid groups (broad SMARTS) is 1. The minimum atomic E-state index is -3.64. The first-order chi connectivity index (χ1) is 6.49. The van der Waals surface area contributed by atoms with E-state index in [0.29, 0.717) is 12.8 Å². The van der Waals surface area contributed by atoms with E-state index < -0.39 is 20.7 Å². The molecule has 0 aliphatic carbocycles. The average molecular weight is 220 g/mol. The van der Waals surface area contributed by atoms with E-state index in [2.05, 4.69) is 0 Å². The summed E-state index contributed by atoms with van der Waals surface area (Å²) in [6.45, 7) is 1.88. The van der Waals surface area contributed by atoms with Gasteiger partial charge < -0.3 is 9.84 Å². The van der Waals surface area contributed by atoms with Gasteiger partial charge >= 0.3 is 5.97 Å². The molecule has 0 saturated carbocycles. The molecule has 1 aliphatic rings. The van der Waals surface area contributed by atoms with Crippen molar-refractivity contribution in [2.75, 3.05) is 12.4 Å². The first kappa shape index (κ1) is 11.0. The highest BCUT2D eigenvalue weighted by atomic mass is 32.2. The third-order valence-electron chi connectivity index (χ3n) is 1.86. The Morgan fingerprint density at radius 2 is 2.21 bits per heavy atom. The van der Waals surface area contributed by atoms with Crippen LogP contribution in [-0.2, 0) is 19.4 Å². The minimum Gasteiger partial charge on any atom is -0.495 e. The SMILES string of the molecule is CCCC1=C(C(=O)O)S(=O)(=O)CCO1. The number of carbonyl (C=O) groups is 1. The third-order valence-corrected chi connectivity index (χ3v) is 3.59. The van der Waals surface area contributed by atoms with Crippen molar-refractivity contribution in [2.24, 2.45) is 0 Å². The number of ether oxygens (including phenoxy) is 1. The zero-order chi connectivity index (χ0) is 10.8. The van der Waals surface area contributed by atoms with Crippen LogP contribution in [-0.4, -0.2) is 31.9 Å². The Labute approximate surface area is 82.3 Å². The van der Waals surface area contributed by atoms with E-state index in [1.165, 1.54) is 0 Å². The normalized spacial score (nSPS) is 20.4. The van der Waals surface area contributed by atoms with Crippen LogP contribution >= 0.6 is 0 Å². The zero-order valence-electron chi connectivity index (χ0n) is 7.82. The highest BCUT2D eigenvalue weighted by Crippen LogP contribution is 2.23. The summed E-state index contributed by atoms with van der Waals surface area (Å²) in [4.78, 5) is 10.2. The quantitative estimate of drug-likeness (QED) is 0.750. The van der Waals surface area contributed by atoms with Gasteiger partial charge in [-0.2, -0.15) is 0 Å². The number of hydrogen-bond donors (Lipinski definition) is 1. The summed E-state index contributed by atoms with van der Waals surface area (Å²) in [6.07, 6.45) is 1.00. The van der Waals surface area contributed by atoms with Crippen molar-refractivity contribution in [3.05, 3.63) is 10.7 Å². The van der Waals surface area contributed by atoms with Crippen LogP contribution in [0.5, 0.6) is 0 Å². The number of sulfone groups is 1. The Hall–Kier alpha value is -1.04. The average Bonchev–Trinajstić information content (AvgIpc) is 2.01. The predicted octanol–water partition coefficient (Wildman–Crippen LogP) is 0.528. The van der Waals surface area contributed by atoms with E-state index in [9.17, 15) is 13.2 Å². The number of carboxylic acids is 1. The Balaban J connectivity index is 3.20. The molecule has 0 unspecified atom stereocenters. The first-order valence-corrected chi connectivity index (χ1v) is 5.96. The van der Waals surface area contributed by atoms with Gasteiger partial charge in [0.25, 0.3) is 0 Å². The Morgan fingerprint density at radius 1 is 1.57 bits per heavy atom. The van der Waals surface area contributed by atoms with E-state index in [-0.39, 0.29) is 18.1 Å². The zero-order valence-corrected chi connectivity index (χ0v) is 8.63. The number of aliphatic carboxylic acids is 1. The summed E-state index contributed by atoms with van der Waals surface area (Å²) in [6, 6.07) is 0. The molecule has 1 aliphatic heterocycles. The van der Waals surface area contributed by atoms with Gasteiger partial charge in [-0.1, -0.05) is 6.92 Å². The van der Waals surface area contributed by atoms with Crippen molar-refractivity contribution in [1.82, 2.24) is 0 Å². The molecule has 14 heavy (non-hydrogen) atoms. The molecule has 0 aromatic rings. The lowest BCUT2D eigenvalue weighted by molar-refractivity contribution is -0.132. The molecule has 0 atom stereocenters. The number of allylic oxidation sites excluding steroid dienone is 1. The fraction of sp³-hybridized carbons (Fsp3) is 0.625. The molecule has 0 spiro atoms. The van der Waals surface area contributed by atoms with Gasteiger partial charge in [0.1, 0.15) is 12.4 Å². The fourth-order valence-electron chi connectivity index (χ4n) is 1.28. The molecule has 0 fully saturated rings. The fourth-order valence-corrected chi connectivity index (χ4v) is 2.56. The topological polar surface area (TPSA) is 80.7 Å². The second-order valence-electron chi connectivity index (χ2n) is 2.97. The summed E-state index contributed by atoms with van der Waals surface area (Å²) in [5, 5.41) is 8.75. The van der Waals surface area contributed by atoms with Gasteiger partial charge in [0.15, 0.2) is 14.7 Å². The van der Waals surface area contributed by atoms with Crippen molar-refractivity contribution in [3.63, 3.8) is 0 Å². The summed E-state index contributed by atoms with van der Waals surface area (Å²) in [5.41, 5.74) is 0. The van der Waals surface area contributed by atoms with E-state index in [0.717, 1.165) is 0 Å². The maximum absolute atomic E-state index is 11.4. The number of hydrogen-bond acceptors (Lipinski definition) is 4. The molecule has 0 aromatic carbocycles. The maximum atomic E-state index is 11.4. The lowest BCUT2D eigenvalue weighted by Crippen LogP contribution is -2.26. The van der Waals surface area contributed by atoms with Crippen LogP contribution in [0.3, 0.4) is 0 Å². The first-order valence-electron chi connectivity index (χ1n) is 4.31. The van der Waals surface area contributed by atoms with Gasteiger partial charge in [0, 0.05) is 6.42 Å². The molecule has 1 N–H and O–H groups in total. The maximum Gasteiger partial charge on any atom is 0.350 e. The smallest absolute Gasteiger partial charge is 0.350 e. The Morgan fingerprint density at radius 3 is 2.71 bits per heavy atom. The molecule has 0 saturated heterocycles. The van der Waals surface area contributed by atoms with Crippen LogP contribution in [0.1, 0.15) is 19.8 Å². The van der Waals surface area contributed by atoms with Crippen molar-refractivity contribution in [2.45, 2.75) is 19.8 Å². The van der Waals surface area contributed by atoms with Crippen LogP contribution in [0.15, 0.2) is 10.7 Å². The molecule has 5 nitrogen and oxygen atoms in total. The summed E-state index contributed by atoms with van der Waals surface area (Å²) in [5.74, 6) is -1.58. The Bertz CT molecular complexity index is 365. The summed E-state index contributed by atoms with van der Waals surface area (Å²) < 4.78 is 27.8. The van der Waals surface area contributed by atoms with Crippen molar-refractivity contribution < 1.29 is 23.1 Å². The predicted molar refractivity (Wildman–Crippen MR) is 49.3 cm³/mol. The van der Waals surface area contributed by atoms with Crippen molar-refractivity contribution >= 4 is 15.8 Å². The van der Waals surface area contributed by atoms with Gasteiger partial charge in [-0.05, 0) is 6.42 Å². The second-order valence-corrected chi connectivity index (χ2v) is 5.02.